The largest absolute Gasteiger partial charge is 0.497 e. The van der Waals surface area contributed by atoms with Crippen molar-refractivity contribution in [2.45, 2.75) is 25.2 Å². The van der Waals surface area contributed by atoms with Crippen LogP contribution in [-0.2, 0) is 4.79 Å². The lowest BCUT2D eigenvalue weighted by molar-refractivity contribution is -0.137. The van der Waals surface area contributed by atoms with Crippen LogP contribution in [-0.4, -0.2) is 29.3 Å². The van der Waals surface area contributed by atoms with Crippen LogP contribution in [0.1, 0.15) is 41.3 Å². The highest BCUT2D eigenvalue weighted by molar-refractivity contribution is 5.89. The average molecular weight is 425 g/mol. The maximum absolute atomic E-state index is 14.1. The van der Waals surface area contributed by atoms with Crippen LogP contribution >= 0.6 is 0 Å². The summed E-state index contributed by atoms with van der Waals surface area (Å²) in [5, 5.41) is 13.0. The van der Waals surface area contributed by atoms with Gasteiger partial charge in [0.2, 0.25) is 5.76 Å². The van der Waals surface area contributed by atoms with Crippen molar-refractivity contribution in [3.8, 4) is 22.8 Å². The van der Waals surface area contributed by atoms with Gasteiger partial charge in [0, 0.05) is 11.6 Å². The van der Waals surface area contributed by atoms with E-state index in [-0.39, 0.29) is 35.1 Å². The molecule has 160 valence electrons. The van der Waals surface area contributed by atoms with Crippen LogP contribution in [0.15, 0.2) is 53.1 Å². The monoisotopic (exact) mass is 425 g/mol. The molecule has 0 spiro atoms. The first-order valence-corrected chi connectivity index (χ1v) is 9.79. The molecule has 4 rings (SSSR count). The number of esters is 1. The third-order valence-corrected chi connectivity index (χ3v) is 5.24. The van der Waals surface area contributed by atoms with Crippen molar-refractivity contribution in [1.29, 1.82) is 0 Å². The number of methoxy groups -OCH3 is 1. The summed E-state index contributed by atoms with van der Waals surface area (Å²) in [6.45, 7) is 0. The van der Waals surface area contributed by atoms with Crippen LogP contribution in [0.2, 0.25) is 0 Å². The fraction of sp³-hybridized carbons (Fsp3) is 0.261. The minimum atomic E-state index is -0.863. The van der Waals surface area contributed by atoms with Gasteiger partial charge in [-0.2, -0.15) is 0 Å². The number of hydrogen-bond acceptors (Lipinski definition) is 6. The molecule has 1 atom stereocenters. The van der Waals surface area contributed by atoms with E-state index in [0.29, 0.717) is 11.7 Å². The molecule has 0 aliphatic heterocycles. The van der Waals surface area contributed by atoms with Gasteiger partial charge in [-0.25, -0.2) is 9.18 Å². The van der Waals surface area contributed by atoms with Gasteiger partial charge < -0.3 is 19.1 Å². The smallest absolute Gasteiger partial charge is 0.382 e. The standard InChI is InChI=1S/C23H20FNO6/c1-29-15-7-8-19(24)18(10-15)20-12-21(31-25-20)23(28)30-16-4-2-3-14(9-16)17(11-22(26)27)13-5-6-13/h2-4,7-10,12-13,17H,5-6,11H2,1H3,(H,26,27)/t17-/m0/s1. The minimum absolute atomic E-state index is 0.0274. The summed E-state index contributed by atoms with van der Waals surface area (Å²) in [4.78, 5) is 23.7. The van der Waals surface area contributed by atoms with E-state index in [1.54, 1.807) is 18.2 Å². The van der Waals surface area contributed by atoms with E-state index < -0.39 is 17.8 Å². The van der Waals surface area contributed by atoms with Gasteiger partial charge in [0.25, 0.3) is 0 Å². The van der Waals surface area contributed by atoms with Crippen molar-refractivity contribution < 1.29 is 33.1 Å². The Bertz CT molecular complexity index is 1120. The molecule has 0 radical (unpaired) electrons. The van der Waals surface area contributed by atoms with Gasteiger partial charge in [-0.3, -0.25) is 4.79 Å². The highest BCUT2D eigenvalue weighted by Gasteiger charge is 2.34. The molecule has 1 fully saturated rings. The van der Waals surface area contributed by atoms with E-state index in [2.05, 4.69) is 5.16 Å². The van der Waals surface area contributed by atoms with Gasteiger partial charge >= 0.3 is 11.9 Å². The molecule has 0 amide bonds. The first-order valence-electron chi connectivity index (χ1n) is 9.79. The SMILES string of the molecule is COc1ccc(F)c(-c2cc(C(=O)Oc3cccc([C@@H](CC(=O)O)C4CC4)c3)on2)c1. The first-order chi connectivity index (χ1) is 14.9. The van der Waals surface area contributed by atoms with Crippen molar-refractivity contribution in [1.82, 2.24) is 5.16 Å². The molecule has 0 unspecified atom stereocenters. The van der Waals surface area contributed by atoms with E-state index in [0.717, 1.165) is 18.4 Å². The van der Waals surface area contributed by atoms with Gasteiger partial charge in [-0.15, -0.1) is 0 Å². The number of ether oxygens (including phenoxy) is 2. The van der Waals surface area contributed by atoms with E-state index >= 15 is 0 Å². The molecule has 1 saturated carbocycles. The number of carboxylic acids is 1. The summed E-state index contributed by atoms with van der Waals surface area (Å²) in [5.74, 6) is -1.46. The summed E-state index contributed by atoms with van der Waals surface area (Å²) in [6, 6.07) is 12.3. The summed E-state index contributed by atoms with van der Waals surface area (Å²) in [7, 11) is 1.46. The summed E-state index contributed by atoms with van der Waals surface area (Å²) >= 11 is 0. The molecule has 2 aromatic carbocycles. The Labute approximate surface area is 177 Å². The maximum Gasteiger partial charge on any atom is 0.382 e. The van der Waals surface area contributed by atoms with Crippen LogP contribution in [0, 0.1) is 11.7 Å². The van der Waals surface area contributed by atoms with Crippen LogP contribution < -0.4 is 9.47 Å². The second kappa shape index (κ2) is 8.59. The third-order valence-electron chi connectivity index (χ3n) is 5.24. The van der Waals surface area contributed by atoms with Crippen molar-refractivity contribution in [2.24, 2.45) is 5.92 Å². The number of aromatic nitrogens is 1. The Kier molecular flexibility index (Phi) is 5.70. The fourth-order valence-electron chi connectivity index (χ4n) is 3.54. The minimum Gasteiger partial charge on any atom is -0.497 e. The Morgan fingerprint density at radius 3 is 2.71 bits per heavy atom. The van der Waals surface area contributed by atoms with Crippen LogP contribution in [0.25, 0.3) is 11.3 Å². The predicted octanol–water partition coefficient (Wildman–Crippen LogP) is 4.68. The normalized spacial score (nSPS) is 14.1. The second-order valence-electron chi connectivity index (χ2n) is 7.43. The third kappa shape index (κ3) is 4.74. The van der Waals surface area contributed by atoms with Crippen molar-refractivity contribution in [3.63, 3.8) is 0 Å². The van der Waals surface area contributed by atoms with Crippen molar-refractivity contribution >= 4 is 11.9 Å². The lowest BCUT2D eigenvalue weighted by atomic mass is 9.91. The topological polar surface area (TPSA) is 98.9 Å². The predicted molar refractivity (Wildman–Crippen MR) is 108 cm³/mol. The average Bonchev–Trinajstić information content (AvgIpc) is 3.48. The molecule has 1 aliphatic rings. The van der Waals surface area contributed by atoms with Crippen molar-refractivity contribution in [2.75, 3.05) is 7.11 Å². The zero-order chi connectivity index (χ0) is 22.0. The number of benzene rings is 2. The number of halogens is 1. The Hall–Kier alpha value is -3.68. The Morgan fingerprint density at radius 1 is 1.19 bits per heavy atom. The van der Waals surface area contributed by atoms with Crippen LogP contribution in [0.4, 0.5) is 4.39 Å². The molecule has 0 saturated heterocycles. The molecule has 1 aromatic heterocycles. The van der Waals surface area contributed by atoms with Crippen LogP contribution in [0.5, 0.6) is 11.5 Å². The van der Waals surface area contributed by atoms with Gasteiger partial charge in [-0.05, 0) is 60.6 Å². The summed E-state index contributed by atoms with van der Waals surface area (Å²) in [6.07, 6.45) is 2.01. The molecular formula is C23H20FNO6. The lowest BCUT2D eigenvalue weighted by Gasteiger charge is -2.15. The highest BCUT2D eigenvalue weighted by atomic mass is 19.1. The fourth-order valence-corrected chi connectivity index (χ4v) is 3.54. The molecule has 0 bridgehead atoms. The molecule has 1 N–H and O–H groups in total. The van der Waals surface area contributed by atoms with Gasteiger partial charge in [0.05, 0.1) is 13.5 Å². The Morgan fingerprint density at radius 2 is 2.00 bits per heavy atom. The number of nitrogens with zero attached hydrogens (tertiary/aromatic N) is 1. The number of hydrogen-bond donors (Lipinski definition) is 1. The van der Waals surface area contributed by atoms with E-state index in [1.165, 1.54) is 31.4 Å². The number of carboxylic acid groups (broad SMARTS) is 1. The summed E-state index contributed by atoms with van der Waals surface area (Å²) in [5.41, 5.74) is 1.07. The molecule has 3 aromatic rings. The number of aliphatic carboxylic acids is 1. The van der Waals surface area contributed by atoms with E-state index in [1.807, 2.05) is 6.07 Å². The zero-order valence-electron chi connectivity index (χ0n) is 16.7. The Balaban J connectivity index is 1.51. The molecule has 31 heavy (non-hydrogen) atoms. The number of rotatable bonds is 8. The first kappa shape index (κ1) is 20.6. The molecule has 1 heterocycles. The molecule has 7 nitrogen and oxygen atoms in total. The second-order valence-corrected chi connectivity index (χ2v) is 7.43. The zero-order valence-corrected chi connectivity index (χ0v) is 16.7. The number of carbonyl (C=O) groups is 2. The summed E-state index contributed by atoms with van der Waals surface area (Å²) < 4.78 is 29.7. The molecular weight excluding hydrogens is 405 g/mol. The van der Waals surface area contributed by atoms with Gasteiger partial charge in [0.1, 0.15) is 23.0 Å². The van der Waals surface area contributed by atoms with Crippen molar-refractivity contribution in [3.05, 3.63) is 65.7 Å². The van der Waals surface area contributed by atoms with Gasteiger partial charge in [0.15, 0.2) is 0 Å². The maximum atomic E-state index is 14.1. The molecule has 8 heteroatoms. The quantitative estimate of drug-likeness (QED) is 0.413. The lowest BCUT2D eigenvalue weighted by Crippen LogP contribution is -2.10. The highest BCUT2D eigenvalue weighted by Crippen LogP contribution is 2.45. The van der Waals surface area contributed by atoms with E-state index in [4.69, 9.17) is 14.0 Å². The van der Waals surface area contributed by atoms with E-state index in [9.17, 15) is 19.1 Å². The number of carbonyl (C=O) groups excluding carboxylic acids is 1. The molecule has 1 aliphatic carbocycles. The van der Waals surface area contributed by atoms with Crippen LogP contribution in [0.3, 0.4) is 0 Å². The van der Waals surface area contributed by atoms with Gasteiger partial charge in [-0.1, -0.05) is 17.3 Å².